The van der Waals surface area contributed by atoms with Gasteiger partial charge in [0.05, 0.1) is 6.61 Å². The van der Waals surface area contributed by atoms with Crippen molar-refractivity contribution in [1.29, 1.82) is 0 Å². The van der Waals surface area contributed by atoms with Gasteiger partial charge >= 0.3 is 0 Å². The Balaban J connectivity index is 2.25. The average molecular weight is 495 g/mol. The second-order valence-corrected chi connectivity index (χ2v) is 9.48. The molecule has 3 amide bonds. The van der Waals surface area contributed by atoms with Crippen LogP contribution in [0.1, 0.15) is 51.6 Å². The van der Waals surface area contributed by atoms with E-state index >= 15 is 0 Å². The van der Waals surface area contributed by atoms with Crippen LogP contribution in [0, 0.1) is 0 Å². The molecular weight excluding hydrogens is 464 g/mol. The van der Waals surface area contributed by atoms with Crippen LogP contribution in [0.15, 0.2) is 35.8 Å². The second kappa shape index (κ2) is 12.7. The predicted molar refractivity (Wildman–Crippen MR) is 130 cm³/mol. The first-order valence-electron chi connectivity index (χ1n) is 10.7. The zero-order chi connectivity index (χ0) is 24.4. The first-order valence-corrected chi connectivity index (χ1v) is 12.0. The monoisotopic (exact) mass is 494 g/mol. The smallest absolute Gasteiger partial charge is 0.247 e. The number of rotatable bonds is 12. The van der Waals surface area contributed by atoms with Crippen LogP contribution in [0.5, 0.6) is 0 Å². The topological polar surface area (TPSA) is 101 Å². The number of carbonyl (C=O) groups is 3. The summed E-state index contributed by atoms with van der Waals surface area (Å²) in [7, 11) is 1.53. The summed E-state index contributed by atoms with van der Waals surface area (Å²) < 4.78 is 5.19. The molecule has 0 unspecified atom stereocenters. The van der Waals surface area contributed by atoms with Crippen molar-refractivity contribution in [1.82, 2.24) is 15.2 Å². The molecule has 0 fully saturated rings. The van der Waals surface area contributed by atoms with Crippen molar-refractivity contribution in [2.75, 3.05) is 25.6 Å². The number of hydrogen-bond acceptors (Lipinski definition) is 6. The largest absolute Gasteiger partial charge is 0.383 e. The van der Waals surface area contributed by atoms with Crippen molar-refractivity contribution in [3.63, 3.8) is 0 Å². The van der Waals surface area contributed by atoms with Gasteiger partial charge in [-0.3, -0.25) is 14.4 Å². The van der Waals surface area contributed by atoms with Gasteiger partial charge in [-0.15, -0.1) is 11.3 Å². The first kappa shape index (κ1) is 26.8. The summed E-state index contributed by atoms with van der Waals surface area (Å²) in [6, 6.07) is 5.94. The number of methoxy groups -OCH3 is 1. The molecule has 0 spiro atoms. The molecule has 0 saturated carbocycles. The standard InChI is InChI=1S/C23H31ClN4O4S/c1-5-23(2,3)27-21(31)20(16-6-8-17(24)9-7-16)28(13-14-32-4)19(30)11-10-18(29)26-22-25-12-15-33-22/h6-9,12,15,20H,5,10-11,13-14H2,1-4H3,(H,27,31)(H,25,26,29)/t20-/m1/s1. The molecule has 1 aromatic carbocycles. The Morgan fingerprint density at radius 1 is 1.21 bits per heavy atom. The van der Waals surface area contributed by atoms with Crippen molar-refractivity contribution in [2.24, 2.45) is 0 Å². The summed E-state index contributed by atoms with van der Waals surface area (Å²) in [6.07, 6.45) is 2.22. The Morgan fingerprint density at radius 2 is 1.91 bits per heavy atom. The molecule has 2 N–H and O–H groups in total. The molecule has 1 atom stereocenters. The Labute approximate surface area is 203 Å². The van der Waals surface area contributed by atoms with Crippen molar-refractivity contribution in [3.8, 4) is 0 Å². The van der Waals surface area contributed by atoms with Crippen LogP contribution in [0.4, 0.5) is 5.13 Å². The van der Waals surface area contributed by atoms with E-state index in [0.29, 0.717) is 15.7 Å². The molecule has 0 aliphatic carbocycles. The van der Waals surface area contributed by atoms with Gasteiger partial charge in [0.1, 0.15) is 6.04 Å². The van der Waals surface area contributed by atoms with Gasteiger partial charge in [-0.05, 0) is 38.0 Å². The zero-order valence-electron chi connectivity index (χ0n) is 19.4. The minimum absolute atomic E-state index is 0.0305. The maximum absolute atomic E-state index is 13.4. The van der Waals surface area contributed by atoms with E-state index in [1.54, 1.807) is 35.8 Å². The van der Waals surface area contributed by atoms with Crippen LogP contribution in [0.3, 0.4) is 0 Å². The number of halogens is 1. The van der Waals surface area contributed by atoms with Gasteiger partial charge in [-0.25, -0.2) is 4.98 Å². The third kappa shape index (κ3) is 8.42. The van der Waals surface area contributed by atoms with Crippen LogP contribution in [-0.2, 0) is 19.1 Å². The molecule has 2 aromatic rings. The number of aromatic nitrogens is 1. The van der Waals surface area contributed by atoms with E-state index in [4.69, 9.17) is 16.3 Å². The number of benzene rings is 1. The van der Waals surface area contributed by atoms with Crippen molar-refractivity contribution in [3.05, 3.63) is 46.4 Å². The molecule has 0 aliphatic heterocycles. The molecular formula is C23H31ClN4O4S. The molecule has 1 aromatic heterocycles. The molecule has 0 saturated heterocycles. The van der Waals surface area contributed by atoms with Gasteiger partial charge in [0, 0.05) is 48.6 Å². The Morgan fingerprint density at radius 3 is 2.48 bits per heavy atom. The zero-order valence-corrected chi connectivity index (χ0v) is 21.0. The summed E-state index contributed by atoms with van der Waals surface area (Å²) in [5.74, 6) is -0.948. The van der Waals surface area contributed by atoms with E-state index in [-0.39, 0.29) is 43.7 Å². The number of thiazole rings is 1. The predicted octanol–water partition coefficient (Wildman–Crippen LogP) is 4.04. The molecule has 2 rings (SSSR count). The molecule has 0 radical (unpaired) electrons. The lowest BCUT2D eigenvalue weighted by Crippen LogP contribution is -2.51. The lowest BCUT2D eigenvalue weighted by Gasteiger charge is -2.34. The summed E-state index contributed by atoms with van der Waals surface area (Å²) in [5.41, 5.74) is 0.172. The normalized spacial score (nSPS) is 12.2. The summed E-state index contributed by atoms with van der Waals surface area (Å²) in [6.45, 7) is 6.26. The Kier molecular flexibility index (Phi) is 10.3. The van der Waals surface area contributed by atoms with Gasteiger partial charge in [0.15, 0.2) is 5.13 Å². The number of amides is 3. The number of hydrogen-bond donors (Lipinski definition) is 2. The Bertz CT molecular complexity index is 919. The maximum atomic E-state index is 13.4. The lowest BCUT2D eigenvalue weighted by molar-refractivity contribution is -0.142. The summed E-state index contributed by atoms with van der Waals surface area (Å²) in [4.78, 5) is 44.4. The highest BCUT2D eigenvalue weighted by molar-refractivity contribution is 7.13. The van der Waals surface area contributed by atoms with E-state index < -0.39 is 11.6 Å². The van der Waals surface area contributed by atoms with Gasteiger partial charge in [-0.1, -0.05) is 30.7 Å². The van der Waals surface area contributed by atoms with Gasteiger partial charge in [0.25, 0.3) is 0 Å². The van der Waals surface area contributed by atoms with Crippen LogP contribution < -0.4 is 10.6 Å². The number of carbonyl (C=O) groups excluding carboxylic acids is 3. The Hall–Kier alpha value is -2.49. The molecule has 8 nitrogen and oxygen atoms in total. The fourth-order valence-corrected chi connectivity index (χ4v) is 3.70. The number of ether oxygens (including phenoxy) is 1. The first-order chi connectivity index (χ1) is 15.7. The van der Waals surface area contributed by atoms with Gasteiger partial charge in [0.2, 0.25) is 17.7 Å². The maximum Gasteiger partial charge on any atom is 0.247 e. The quantitative estimate of drug-likeness (QED) is 0.464. The van der Waals surface area contributed by atoms with E-state index in [2.05, 4.69) is 15.6 Å². The molecule has 33 heavy (non-hydrogen) atoms. The fourth-order valence-electron chi connectivity index (χ4n) is 3.03. The highest BCUT2D eigenvalue weighted by Gasteiger charge is 2.33. The fraction of sp³-hybridized carbons (Fsp3) is 0.478. The number of anilines is 1. The van der Waals surface area contributed by atoms with Crippen molar-refractivity contribution >= 4 is 45.8 Å². The van der Waals surface area contributed by atoms with Crippen molar-refractivity contribution < 1.29 is 19.1 Å². The minimum Gasteiger partial charge on any atom is -0.383 e. The molecule has 10 heteroatoms. The summed E-state index contributed by atoms with van der Waals surface area (Å²) in [5, 5.41) is 8.45. The average Bonchev–Trinajstić information content (AvgIpc) is 3.28. The van der Waals surface area contributed by atoms with E-state index in [1.807, 2.05) is 20.8 Å². The SMILES string of the molecule is CCC(C)(C)NC(=O)[C@@H](c1ccc(Cl)cc1)N(CCOC)C(=O)CCC(=O)Nc1nccs1. The van der Waals surface area contributed by atoms with Crippen LogP contribution in [-0.4, -0.2) is 53.4 Å². The van der Waals surface area contributed by atoms with E-state index in [0.717, 1.165) is 6.42 Å². The molecule has 1 heterocycles. The lowest BCUT2D eigenvalue weighted by atomic mass is 9.98. The highest BCUT2D eigenvalue weighted by Crippen LogP contribution is 2.25. The second-order valence-electron chi connectivity index (χ2n) is 8.15. The van der Waals surface area contributed by atoms with E-state index in [9.17, 15) is 14.4 Å². The van der Waals surface area contributed by atoms with Crippen LogP contribution in [0.25, 0.3) is 0 Å². The summed E-state index contributed by atoms with van der Waals surface area (Å²) >= 11 is 7.34. The highest BCUT2D eigenvalue weighted by atomic mass is 35.5. The molecule has 0 aliphatic rings. The van der Waals surface area contributed by atoms with Crippen molar-refractivity contribution in [2.45, 2.75) is 51.6 Å². The van der Waals surface area contributed by atoms with E-state index in [1.165, 1.54) is 23.3 Å². The van der Waals surface area contributed by atoms with Crippen LogP contribution in [0.2, 0.25) is 5.02 Å². The molecule has 180 valence electrons. The third-order valence-corrected chi connectivity index (χ3v) is 6.13. The third-order valence-electron chi connectivity index (χ3n) is 5.19. The number of nitrogens with one attached hydrogen (secondary N) is 2. The van der Waals surface area contributed by atoms with Crippen LogP contribution >= 0.6 is 22.9 Å². The molecule has 0 bridgehead atoms. The number of nitrogens with zero attached hydrogens (tertiary/aromatic N) is 2. The minimum atomic E-state index is -0.891. The van der Waals surface area contributed by atoms with Gasteiger partial charge in [-0.2, -0.15) is 0 Å². The van der Waals surface area contributed by atoms with Gasteiger partial charge < -0.3 is 20.3 Å².